The highest BCUT2D eigenvalue weighted by Gasteiger charge is 2.21. The van der Waals surface area contributed by atoms with Crippen molar-refractivity contribution in [3.63, 3.8) is 0 Å². The minimum atomic E-state index is -0.252. The number of aryl methyl sites for hydroxylation is 2. The van der Waals surface area contributed by atoms with Crippen molar-refractivity contribution >= 4 is 28.4 Å². The van der Waals surface area contributed by atoms with Crippen LogP contribution in [-0.4, -0.2) is 5.78 Å². The fourth-order valence-corrected chi connectivity index (χ4v) is 2.25. The van der Waals surface area contributed by atoms with Crippen molar-refractivity contribution in [2.24, 2.45) is 0 Å². The lowest BCUT2D eigenvalue weighted by atomic mass is 10.1. The molecular weight excluding hydrogens is 264 g/mol. The van der Waals surface area contributed by atoms with E-state index in [1.54, 1.807) is 37.3 Å². The molecule has 0 spiro atoms. The van der Waals surface area contributed by atoms with Crippen LogP contribution in [0.2, 0.25) is 5.02 Å². The van der Waals surface area contributed by atoms with E-state index in [0.717, 1.165) is 10.9 Å². The van der Waals surface area contributed by atoms with Crippen LogP contribution in [-0.2, 0) is 0 Å². The van der Waals surface area contributed by atoms with E-state index in [4.69, 9.17) is 20.4 Å². The van der Waals surface area contributed by atoms with Gasteiger partial charge < -0.3 is 8.83 Å². The van der Waals surface area contributed by atoms with Crippen molar-refractivity contribution in [3.8, 4) is 0 Å². The zero-order chi connectivity index (χ0) is 13.6. The van der Waals surface area contributed by atoms with Crippen LogP contribution in [0.25, 0.3) is 11.0 Å². The van der Waals surface area contributed by atoms with E-state index < -0.39 is 0 Å². The first-order valence-electron chi connectivity index (χ1n) is 5.86. The summed E-state index contributed by atoms with van der Waals surface area (Å²) in [6.45, 7) is 3.63. The van der Waals surface area contributed by atoms with E-state index in [2.05, 4.69) is 0 Å². The van der Waals surface area contributed by atoms with Gasteiger partial charge in [-0.1, -0.05) is 11.6 Å². The molecule has 0 amide bonds. The molecule has 4 heteroatoms. The normalized spacial score (nSPS) is 11.1. The first-order chi connectivity index (χ1) is 9.06. The number of carbonyl (C=O) groups excluding carboxylic acids is 1. The lowest BCUT2D eigenvalue weighted by Crippen LogP contribution is -1.99. The number of hydrogen-bond acceptors (Lipinski definition) is 3. The maximum absolute atomic E-state index is 12.3. The topological polar surface area (TPSA) is 43.4 Å². The molecule has 0 bridgehead atoms. The van der Waals surface area contributed by atoms with Gasteiger partial charge in [-0.15, -0.1) is 0 Å². The minimum absolute atomic E-state index is 0.252. The van der Waals surface area contributed by atoms with Crippen LogP contribution in [0, 0.1) is 13.8 Å². The van der Waals surface area contributed by atoms with Gasteiger partial charge in [0.05, 0.1) is 0 Å². The van der Waals surface area contributed by atoms with Gasteiger partial charge in [-0.2, -0.15) is 0 Å². The molecule has 0 N–H and O–H groups in total. The highest BCUT2D eigenvalue weighted by Crippen LogP contribution is 2.29. The van der Waals surface area contributed by atoms with Crippen molar-refractivity contribution in [1.82, 2.24) is 0 Å². The van der Waals surface area contributed by atoms with Gasteiger partial charge in [-0.3, -0.25) is 4.79 Å². The van der Waals surface area contributed by atoms with E-state index in [0.29, 0.717) is 22.1 Å². The minimum Gasteiger partial charge on any atom is -0.458 e. The summed E-state index contributed by atoms with van der Waals surface area (Å²) in [6, 6.07) is 8.69. The number of halogens is 1. The largest absolute Gasteiger partial charge is 0.458 e. The molecule has 0 saturated carbocycles. The zero-order valence-electron chi connectivity index (χ0n) is 10.5. The highest BCUT2D eigenvalue weighted by molar-refractivity contribution is 6.31. The predicted octanol–water partition coefficient (Wildman–Crippen LogP) is 4.53. The van der Waals surface area contributed by atoms with Crippen molar-refractivity contribution in [2.75, 3.05) is 0 Å². The number of carbonyl (C=O) groups is 1. The van der Waals surface area contributed by atoms with E-state index >= 15 is 0 Å². The Kier molecular flexibility index (Phi) is 2.72. The summed E-state index contributed by atoms with van der Waals surface area (Å²) < 4.78 is 10.9. The first-order valence-corrected chi connectivity index (χ1v) is 6.24. The molecule has 0 atom stereocenters. The molecule has 0 radical (unpaired) electrons. The summed E-state index contributed by atoms with van der Waals surface area (Å²) in [6.07, 6.45) is 0. The summed E-state index contributed by atoms with van der Waals surface area (Å²) in [5.74, 6) is 1.02. The summed E-state index contributed by atoms with van der Waals surface area (Å²) >= 11 is 5.95. The van der Waals surface area contributed by atoms with Gasteiger partial charge in [0.2, 0.25) is 0 Å². The standard InChI is InChI=1S/C15H11ClO3/c1-8-3-5-13(18-8)14(17)15-9(2)11-7-10(16)4-6-12(11)19-15/h3-7H,1-2H3. The Morgan fingerprint density at radius 1 is 1.11 bits per heavy atom. The second-order valence-corrected chi connectivity index (χ2v) is 4.87. The first kappa shape index (κ1) is 12.1. The van der Waals surface area contributed by atoms with E-state index in [1.807, 2.05) is 6.92 Å². The molecule has 19 heavy (non-hydrogen) atoms. The maximum atomic E-state index is 12.3. The Labute approximate surface area is 114 Å². The van der Waals surface area contributed by atoms with E-state index in [-0.39, 0.29) is 11.5 Å². The van der Waals surface area contributed by atoms with Gasteiger partial charge >= 0.3 is 0 Å². The lowest BCUT2D eigenvalue weighted by molar-refractivity contribution is 0.0983. The van der Waals surface area contributed by atoms with Crippen LogP contribution in [0.15, 0.2) is 39.2 Å². The van der Waals surface area contributed by atoms with Gasteiger partial charge in [-0.25, -0.2) is 0 Å². The SMILES string of the molecule is Cc1ccc(C(=O)c2oc3ccc(Cl)cc3c2C)o1. The molecule has 0 fully saturated rings. The van der Waals surface area contributed by atoms with Gasteiger partial charge in [-0.05, 0) is 44.2 Å². The third kappa shape index (κ3) is 1.96. The fourth-order valence-electron chi connectivity index (χ4n) is 2.08. The number of fused-ring (bicyclic) bond motifs is 1. The highest BCUT2D eigenvalue weighted by atomic mass is 35.5. The summed E-state index contributed by atoms with van der Waals surface area (Å²) in [4.78, 5) is 12.3. The third-order valence-corrected chi connectivity index (χ3v) is 3.30. The van der Waals surface area contributed by atoms with E-state index in [9.17, 15) is 4.79 Å². The van der Waals surface area contributed by atoms with E-state index in [1.165, 1.54) is 0 Å². The summed E-state index contributed by atoms with van der Waals surface area (Å²) in [5.41, 5.74) is 1.42. The molecule has 1 aromatic carbocycles. The van der Waals surface area contributed by atoms with Crippen LogP contribution in [0.1, 0.15) is 27.6 Å². The Morgan fingerprint density at radius 2 is 1.89 bits per heavy atom. The number of furan rings is 2. The second-order valence-electron chi connectivity index (χ2n) is 4.44. The molecule has 96 valence electrons. The zero-order valence-corrected chi connectivity index (χ0v) is 11.2. The average molecular weight is 275 g/mol. The Morgan fingerprint density at radius 3 is 2.58 bits per heavy atom. The molecule has 2 heterocycles. The van der Waals surface area contributed by atoms with Gasteiger partial charge in [0.1, 0.15) is 11.3 Å². The Bertz CT molecular complexity index is 780. The monoisotopic (exact) mass is 274 g/mol. The average Bonchev–Trinajstić information content (AvgIpc) is 2.94. The number of hydrogen-bond donors (Lipinski definition) is 0. The molecule has 0 aliphatic carbocycles. The van der Waals surface area contributed by atoms with Gasteiger partial charge in [0, 0.05) is 16.0 Å². The molecular formula is C15H11ClO3. The fraction of sp³-hybridized carbons (Fsp3) is 0.133. The van der Waals surface area contributed by atoms with Crippen LogP contribution in [0.3, 0.4) is 0 Å². The molecule has 0 aliphatic heterocycles. The number of ketones is 1. The smallest absolute Gasteiger partial charge is 0.263 e. The molecule has 0 saturated heterocycles. The summed E-state index contributed by atoms with van der Waals surface area (Å²) in [7, 11) is 0. The van der Waals surface area contributed by atoms with Crippen molar-refractivity contribution in [3.05, 3.63) is 58.2 Å². The predicted molar refractivity (Wildman–Crippen MR) is 72.8 cm³/mol. The van der Waals surface area contributed by atoms with Crippen LogP contribution >= 0.6 is 11.6 Å². The van der Waals surface area contributed by atoms with Crippen LogP contribution in [0.4, 0.5) is 0 Å². The molecule has 3 aromatic rings. The molecule has 0 unspecified atom stereocenters. The Hall–Kier alpha value is -2.00. The maximum Gasteiger partial charge on any atom is 0.263 e. The van der Waals surface area contributed by atoms with Crippen LogP contribution < -0.4 is 0 Å². The van der Waals surface area contributed by atoms with Crippen molar-refractivity contribution < 1.29 is 13.6 Å². The molecule has 3 nitrogen and oxygen atoms in total. The van der Waals surface area contributed by atoms with Crippen LogP contribution in [0.5, 0.6) is 0 Å². The second kappa shape index (κ2) is 4.28. The Balaban J connectivity index is 2.15. The molecule has 2 aromatic heterocycles. The van der Waals surface area contributed by atoms with Crippen molar-refractivity contribution in [2.45, 2.75) is 13.8 Å². The van der Waals surface area contributed by atoms with Crippen molar-refractivity contribution in [1.29, 1.82) is 0 Å². The number of benzene rings is 1. The quantitative estimate of drug-likeness (QED) is 0.645. The third-order valence-electron chi connectivity index (χ3n) is 3.07. The molecule has 3 rings (SSSR count). The van der Waals surface area contributed by atoms with Gasteiger partial charge in [0.25, 0.3) is 5.78 Å². The van der Waals surface area contributed by atoms with Gasteiger partial charge in [0.15, 0.2) is 11.5 Å². The number of rotatable bonds is 2. The lowest BCUT2D eigenvalue weighted by Gasteiger charge is -1.94. The summed E-state index contributed by atoms with van der Waals surface area (Å²) in [5, 5.41) is 1.46. The molecule has 0 aliphatic rings.